The number of ether oxygens (including phenoxy) is 1. The van der Waals surface area contributed by atoms with E-state index in [4.69, 9.17) is 4.74 Å². The van der Waals surface area contributed by atoms with Gasteiger partial charge in [-0.2, -0.15) is 0 Å². The third-order valence-corrected chi connectivity index (χ3v) is 4.09. The highest BCUT2D eigenvalue weighted by Crippen LogP contribution is 2.25. The molecule has 0 saturated carbocycles. The fourth-order valence-electron chi connectivity index (χ4n) is 1.34. The molecule has 0 amide bonds. The van der Waals surface area contributed by atoms with Crippen LogP contribution in [0.5, 0.6) is 5.75 Å². The maximum Gasteiger partial charge on any atom is 0.172 e. The lowest BCUT2D eigenvalue weighted by molar-refractivity contribution is 0.111. The summed E-state index contributed by atoms with van der Waals surface area (Å²) in [6, 6.07) is 5.57. The highest BCUT2D eigenvalue weighted by atomic mass is 79.9. The number of hydrogen-bond donors (Lipinski definition) is 0. The van der Waals surface area contributed by atoms with Crippen LogP contribution in [0.3, 0.4) is 0 Å². The monoisotopic (exact) mass is 311 g/mol. The maximum atomic E-state index is 10.9. The van der Waals surface area contributed by atoms with Crippen LogP contribution in [0, 0.1) is 6.92 Å². The fourth-order valence-corrected chi connectivity index (χ4v) is 2.72. The number of thiophene rings is 1. The van der Waals surface area contributed by atoms with Crippen LogP contribution in [-0.2, 0) is 6.61 Å². The first-order chi connectivity index (χ1) is 8.20. The number of halogens is 1. The summed E-state index contributed by atoms with van der Waals surface area (Å²) >= 11 is 5.04. The number of aromatic nitrogens is 1. The van der Waals surface area contributed by atoms with E-state index in [1.807, 2.05) is 24.4 Å². The standard InChI is InChI=1S/C12H10BrNO2S/c1-8-2-3-11(10(6-15)14-8)16-7-12-9(13)4-5-17-12/h2-6H,7H2,1H3. The maximum absolute atomic E-state index is 10.9. The van der Waals surface area contributed by atoms with Gasteiger partial charge in [0.15, 0.2) is 6.29 Å². The summed E-state index contributed by atoms with van der Waals surface area (Å²) in [7, 11) is 0. The largest absolute Gasteiger partial charge is 0.486 e. The lowest BCUT2D eigenvalue weighted by atomic mass is 10.3. The zero-order chi connectivity index (χ0) is 12.3. The van der Waals surface area contributed by atoms with Crippen molar-refractivity contribution in [3.05, 3.63) is 44.3 Å². The van der Waals surface area contributed by atoms with Gasteiger partial charge in [-0.1, -0.05) is 0 Å². The number of hydrogen-bond acceptors (Lipinski definition) is 4. The van der Waals surface area contributed by atoms with Crippen LogP contribution in [-0.4, -0.2) is 11.3 Å². The summed E-state index contributed by atoms with van der Waals surface area (Å²) in [6.07, 6.45) is 0.714. The van der Waals surface area contributed by atoms with Gasteiger partial charge in [0.1, 0.15) is 18.1 Å². The molecule has 0 aliphatic rings. The van der Waals surface area contributed by atoms with Gasteiger partial charge in [0.05, 0.1) is 4.88 Å². The number of carbonyl (C=O) groups excluding carboxylic acids is 1. The van der Waals surface area contributed by atoms with Gasteiger partial charge in [0.2, 0.25) is 0 Å². The van der Waals surface area contributed by atoms with E-state index in [2.05, 4.69) is 20.9 Å². The molecular formula is C12H10BrNO2S. The van der Waals surface area contributed by atoms with Gasteiger partial charge in [-0.15, -0.1) is 11.3 Å². The van der Waals surface area contributed by atoms with E-state index in [1.165, 1.54) is 0 Å². The molecule has 0 saturated heterocycles. The first-order valence-electron chi connectivity index (χ1n) is 4.98. The molecule has 2 heterocycles. The van der Waals surface area contributed by atoms with E-state index in [0.29, 0.717) is 24.3 Å². The number of rotatable bonds is 4. The zero-order valence-electron chi connectivity index (χ0n) is 9.14. The van der Waals surface area contributed by atoms with Crippen molar-refractivity contribution >= 4 is 33.6 Å². The molecule has 0 fully saturated rings. The van der Waals surface area contributed by atoms with Crippen molar-refractivity contribution in [2.24, 2.45) is 0 Å². The molecular weight excluding hydrogens is 302 g/mol. The Morgan fingerprint density at radius 2 is 2.29 bits per heavy atom. The zero-order valence-corrected chi connectivity index (χ0v) is 11.5. The second-order valence-electron chi connectivity index (χ2n) is 3.43. The molecule has 0 atom stereocenters. The average molecular weight is 312 g/mol. The molecule has 0 aromatic carbocycles. The van der Waals surface area contributed by atoms with Gasteiger partial charge in [0.25, 0.3) is 0 Å². The van der Waals surface area contributed by atoms with E-state index in [0.717, 1.165) is 15.0 Å². The van der Waals surface area contributed by atoms with Crippen LogP contribution in [0.15, 0.2) is 28.1 Å². The molecule has 0 aliphatic heterocycles. The van der Waals surface area contributed by atoms with E-state index in [9.17, 15) is 4.79 Å². The summed E-state index contributed by atoms with van der Waals surface area (Å²) in [5.41, 5.74) is 1.15. The summed E-state index contributed by atoms with van der Waals surface area (Å²) in [5.74, 6) is 0.519. The van der Waals surface area contributed by atoms with E-state index < -0.39 is 0 Å². The van der Waals surface area contributed by atoms with Gasteiger partial charge in [-0.05, 0) is 46.4 Å². The molecule has 88 valence electrons. The molecule has 0 radical (unpaired) electrons. The van der Waals surface area contributed by atoms with E-state index >= 15 is 0 Å². The molecule has 0 unspecified atom stereocenters. The minimum absolute atomic E-state index is 0.345. The second-order valence-corrected chi connectivity index (χ2v) is 5.29. The topological polar surface area (TPSA) is 39.2 Å². The van der Waals surface area contributed by atoms with E-state index in [-0.39, 0.29) is 0 Å². The van der Waals surface area contributed by atoms with Gasteiger partial charge in [-0.3, -0.25) is 4.79 Å². The number of carbonyl (C=O) groups is 1. The van der Waals surface area contributed by atoms with Gasteiger partial charge in [-0.25, -0.2) is 4.98 Å². The Balaban J connectivity index is 2.14. The van der Waals surface area contributed by atoms with Gasteiger partial charge in [0, 0.05) is 10.2 Å². The Kier molecular flexibility index (Phi) is 3.91. The molecule has 0 aliphatic carbocycles. The normalized spacial score (nSPS) is 10.2. The minimum atomic E-state index is 0.345. The summed E-state index contributed by atoms with van der Waals surface area (Å²) < 4.78 is 6.62. The van der Waals surface area contributed by atoms with Crippen molar-refractivity contribution in [1.29, 1.82) is 0 Å². The summed E-state index contributed by atoms with van der Waals surface area (Å²) in [6.45, 7) is 2.27. The number of nitrogens with zero attached hydrogens (tertiary/aromatic N) is 1. The van der Waals surface area contributed by atoms with Crippen LogP contribution < -0.4 is 4.74 Å². The number of aryl methyl sites for hydroxylation is 1. The van der Waals surface area contributed by atoms with Crippen LogP contribution in [0.2, 0.25) is 0 Å². The van der Waals surface area contributed by atoms with Gasteiger partial charge < -0.3 is 4.74 Å². The molecule has 0 N–H and O–H groups in total. The Morgan fingerprint density at radius 1 is 1.47 bits per heavy atom. The summed E-state index contributed by atoms with van der Waals surface area (Å²) in [5, 5.41) is 1.98. The lowest BCUT2D eigenvalue weighted by Crippen LogP contribution is -2.00. The molecule has 5 heteroatoms. The third kappa shape index (κ3) is 2.92. The van der Waals surface area contributed by atoms with Crippen LogP contribution in [0.1, 0.15) is 21.1 Å². The molecule has 2 aromatic rings. The smallest absolute Gasteiger partial charge is 0.172 e. The van der Waals surface area contributed by atoms with Crippen molar-refractivity contribution in [3.63, 3.8) is 0 Å². The number of pyridine rings is 1. The Labute approximate surface area is 112 Å². The van der Waals surface area contributed by atoms with Crippen molar-refractivity contribution in [2.45, 2.75) is 13.5 Å². The first-order valence-corrected chi connectivity index (χ1v) is 6.65. The van der Waals surface area contributed by atoms with Crippen molar-refractivity contribution in [1.82, 2.24) is 4.98 Å². The van der Waals surface area contributed by atoms with Gasteiger partial charge >= 0.3 is 0 Å². The molecule has 2 rings (SSSR count). The Bertz CT molecular complexity index is 539. The van der Waals surface area contributed by atoms with Crippen molar-refractivity contribution in [3.8, 4) is 5.75 Å². The highest BCUT2D eigenvalue weighted by molar-refractivity contribution is 9.10. The van der Waals surface area contributed by atoms with Crippen LogP contribution >= 0.6 is 27.3 Å². The SMILES string of the molecule is Cc1ccc(OCc2sccc2Br)c(C=O)n1. The first kappa shape index (κ1) is 12.3. The Morgan fingerprint density at radius 3 is 2.94 bits per heavy atom. The minimum Gasteiger partial charge on any atom is -0.486 e. The molecule has 17 heavy (non-hydrogen) atoms. The van der Waals surface area contributed by atoms with E-state index in [1.54, 1.807) is 17.4 Å². The molecule has 2 aromatic heterocycles. The number of aldehydes is 1. The molecule has 0 spiro atoms. The predicted molar refractivity (Wildman–Crippen MR) is 70.7 cm³/mol. The fraction of sp³-hybridized carbons (Fsp3) is 0.167. The quantitative estimate of drug-likeness (QED) is 0.810. The molecule has 0 bridgehead atoms. The summed E-state index contributed by atoms with van der Waals surface area (Å²) in [4.78, 5) is 16.1. The van der Waals surface area contributed by atoms with Crippen molar-refractivity contribution < 1.29 is 9.53 Å². The predicted octanol–water partition coefficient (Wildman–Crippen LogP) is 3.61. The third-order valence-electron chi connectivity index (χ3n) is 2.19. The second kappa shape index (κ2) is 5.42. The van der Waals surface area contributed by atoms with Crippen molar-refractivity contribution in [2.75, 3.05) is 0 Å². The average Bonchev–Trinajstić information content (AvgIpc) is 2.73. The van der Waals surface area contributed by atoms with Crippen LogP contribution in [0.4, 0.5) is 0 Å². The highest BCUT2D eigenvalue weighted by Gasteiger charge is 2.07. The molecule has 3 nitrogen and oxygen atoms in total. The Hall–Kier alpha value is -1.20. The lowest BCUT2D eigenvalue weighted by Gasteiger charge is -2.07. The van der Waals surface area contributed by atoms with Crippen LogP contribution in [0.25, 0.3) is 0 Å².